The number of unbranched alkanes of at least 4 members (excludes halogenated alkanes) is 1. The van der Waals surface area contributed by atoms with Crippen molar-refractivity contribution in [2.75, 3.05) is 20.1 Å². The molecule has 0 aromatic heterocycles. The minimum absolute atomic E-state index is 0.0124. The number of nitrogens with zero attached hydrogens (tertiary/aromatic N) is 1. The molecule has 0 rings (SSSR count). The molecular formula is C8H17N3O2. The van der Waals surface area contributed by atoms with Gasteiger partial charge < -0.3 is 16.4 Å². The average molecular weight is 187 g/mol. The van der Waals surface area contributed by atoms with E-state index in [1.165, 1.54) is 4.90 Å². The Kier molecular flexibility index (Phi) is 5.88. The lowest BCUT2D eigenvalue weighted by atomic mass is 10.2. The number of rotatable bonds is 6. The summed E-state index contributed by atoms with van der Waals surface area (Å²) >= 11 is 0. The second-order valence-corrected chi connectivity index (χ2v) is 2.96. The molecule has 0 radical (unpaired) electrons. The van der Waals surface area contributed by atoms with Crippen LogP contribution in [-0.4, -0.2) is 36.9 Å². The zero-order valence-corrected chi connectivity index (χ0v) is 7.95. The summed E-state index contributed by atoms with van der Waals surface area (Å²) in [5.74, 6) is -0.554. The third kappa shape index (κ3) is 6.10. The summed E-state index contributed by atoms with van der Waals surface area (Å²) in [6.45, 7) is 0.578. The number of hydrogen-bond acceptors (Lipinski definition) is 3. The smallest absolute Gasteiger partial charge is 0.237 e. The molecule has 0 aliphatic carbocycles. The summed E-state index contributed by atoms with van der Waals surface area (Å²) in [5, 5.41) is 0. The maximum atomic E-state index is 11.2. The fourth-order valence-corrected chi connectivity index (χ4v) is 0.933. The molecule has 0 saturated heterocycles. The topological polar surface area (TPSA) is 89.4 Å². The molecule has 0 saturated carbocycles. The second-order valence-electron chi connectivity index (χ2n) is 2.96. The van der Waals surface area contributed by atoms with Crippen LogP contribution in [0.15, 0.2) is 0 Å². The number of nitrogens with two attached hydrogens (primary N) is 2. The van der Waals surface area contributed by atoms with Gasteiger partial charge in [-0.15, -0.1) is 0 Å². The van der Waals surface area contributed by atoms with Crippen molar-refractivity contribution >= 4 is 11.8 Å². The van der Waals surface area contributed by atoms with Gasteiger partial charge >= 0.3 is 0 Å². The van der Waals surface area contributed by atoms with Gasteiger partial charge in [0.15, 0.2) is 0 Å². The maximum Gasteiger partial charge on any atom is 0.237 e. The molecule has 0 bridgehead atoms. The first-order valence-electron chi connectivity index (χ1n) is 4.30. The molecule has 0 fully saturated rings. The second kappa shape index (κ2) is 6.42. The molecule has 0 heterocycles. The SMILES string of the molecule is CN(CC(N)=O)C(=O)CCCCN. The minimum atomic E-state index is -0.491. The van der Waals surface area contributed by atoms with Gasteiger partial charge in [0.25, 0.3) is 0 Å². The predicted molar refractivity (Wildman–Crippen MR) is 49.7 cm³/mol. The molecule has 4 N–H and O–H groups in total. The Morgan fingerprint density at radius 2 is 1.92 bits per heavy atom. The van der Waals surface area contributed by atoms with Crippen molar-refractivity contribution in [3.63, 3.8) is 0 Å². The van der Waals surface area contributed by atoms with Crippen molar-refractivity contribution in [1.82, 2.24) is 4.90 Å². The Hall–Kier alpha value is -1.10. The van der Waals surface area contributed by atoms with Gasteiger partial charge in [-0.25, -0.2) is 0 Å². The first-order chi connectivity index (χ1) is 6.07. The minimum Gasteiger partial charge on any atom is -0.368 e. The standard InChI is InChI=1S/C8H17N3O2/c1-11(6-7(10)12)8(13)4-2-3-5-9/h2-6,9H2,1H3,(H2,10,12). The van der Waals surface area contributed by atoms with Crippen LogP contribution in [0.5, 0.6) is 0 Å². The molecule has 0 aromatic carbocycles. The molecule has 13 heavy (non-hydrogen) atoms. The van der Waals surface area contributed by atoms with Crippen LogP contribution in [0.3, 0.4) is 0 Å². The third-order valence-electron chi connectivity index (χ3n) is 1.66. The van der Waals surface area contributed by atoms with Crippen molar-refractivity contribution in [1.29, 1.82) is 0 Å². The lowest BCUT2D eigenvalue weighted by Gasteiger charge is -2.14. The van der Waals surface area contributed by atoms with E-state index in [2.05, 4.69) is 0 Å². The quantitative estimate of drug-likeness (QED) is 0.526. The maximum absolute atomic E-state index is 11.2. The van der Waals surface area contributed by atoms with E-state index < -0.39 is 5.91 Å². The first kappa shape index (κ1) is 11.9. The highest BCUT2D eigenvalue weighted by Crippen LogP contribution is 1.97. The summed E-state index contributed by atoms with van der Waals surface area (Å²) < 4.78 is 0. The highest BCUT2D eigenvalue weighted by molar-refractivity contribution is 5.83. The average Bonchev–Trinajstić information content (AvgIpc) is 2.03. The Morgan fingerprint density at radius 1 is 1.31 bits per heavy atom. The monoisotopic (exact) mass is 187 g/mol. The van der Waals surface area contributed by atoms with Crippen molar-refractivity contribution in [3.8, 4) is 0 Å². The predicted octanol–water partition coefficient (Wildman–Crippen LogP) is -0.941. The molecule has 0 aromatic rings. The molecule has 0 spiro atoms. The van der Waals surface area contributed by atoms with Crippen LogP contribution in [0, 0.1) is 0 Å². The van der Waals surface area contributed by atoms with Crippen LogP contribution < -0.4 is 11.5 Å². The van der Waals surface area contributed by atoms with E-state index in [-0.39, 0.29) is 12.5 Å². The number of primary amides is 1. The first-order valence-corrected chi connectivity index (χ1v) is 4.30. The Morgan fingerprint density at radius 3 is 2.38 bits per heavy atom. The number of hydrogen-bond donors (Lipinski definition) is 2. The Labute approximate surface area is 78.1 Å². The normalized spacial score (nSPS) is 9.69. The van der Waals surface area contributed by atoms with E-state index in [0.717, 1.165) is 12.8 Å². The molecule has 76 valence electrons. The van der Waals surface area contributed by atoms with Gasteiger partial charge in [-0.3, -0.25) is 9.59 Å². The molecule has 0 atom stereocenters. The number of carbonyl (C=O) groups is 2. The summed E-state index contributed by atoms with van der Waals surface area (Å²) in [4.78, 5) is 23.0. The van der Waals surface area contributed by atoms with Crippen molar-refractivity contribution in [2.24, 2.45) is 11.5 Å². The van der Waals surface area contributed by atoms with Gasteiger partial charge in [0.1, 0.15) is 0 Å². The molecule has 0 aliphatic heterocycles. The van der Waals surface area contributed by atoms with E-state index in [0.29, 0.717) is 13.0 Å². The van der Waals surface area contributed by atoms with Gasteiger partial charge in [-0.2, -0.15) is 0 Å². The zero-order valence-electron chi connectivity index (χ0n) is 7.95. The third-order valence-corrected chi connectivity index (χ3v) is 1.66. The van der Waals surface area contributed by atoms with Crippen molar-refractivity contribution in [2.45, 2.75) is 19.3 Å². The Balaban J connectivity index is 3.63. The number of amides is 2. The lowest BCUT2D eigenvalue weighted by Crippen LogP contribution is -2.35. The van der Waals surface area contributed by atoms with Gasteiger partial charge in [0, 0.05) is 13.5 Å². The van der Waals surface area contributed by atoms with E-state index in [1.807, 2.05) is 0 Å². The highest BCUT2D eigenvalue weighted by atomic mass is 16.2. The Bertz CT molecular complexity index is 182. The van der Waals surface area contributed by atoms with E-state index in [1.54, 1.807) is 7.05 Å². The van der Waals surface area contributed by atoms with Crippen molar-refractivity contribution < 1.29 is 9.59 Å². The van der Waals surface area contributed by atoms with Crippen molar-refractivity contribution in [3.05, 3.63) is 0 Å². The summed E-state index contributed by atoms with van der Waals surface area (Å²) in [6, 6.07) is 0. The van der Waals surface area contributed by atoms with Gasteiger partial charge in [0.05, 0.1) is 6.54 Å². The van der Waals surface area contributed by atoms with Crippen LogP contribution in [0.25, 0.3) is 0 Å². The van der Waals surface area contributed by atoms with Crippen LogP contribution in [0.2, 0.25) is 0 Å². The summed E-state index contributed by atoms with van der Waals surface area (Å²) in [5.41, 5.74) is 10.2. The van der Waals surface area contributed by atoms with Crippen LogP contribution >= 0.6 is 0 Å². The van der Waals surface area contributed by atoms with Gasteiger partial charge in [-0.05, 0) is 19.4 Å². The number of likely N-dealkylation sites (N-methyl/N-ethyl adjacent to an activating group) is 1. The van der Waals surface area contributed by atoms with Gasteiger partial charge in [0.2, 0.25) is 11.8 Å². The van der Waals surface area contributed by atoms with Crippen LogP contribution in [0.1, 0.15) is 19.3 Å². The lowest BCUT2D eigenvalue weighted by molar-refractivity contribution is -0.133. The molecular weight excluding hydrogens is 170 g/mol. The van der Waals surface area contributed by atoms with E-state index >= 15 is 0 Å². The van der Waals surface area contributed by atoms with E-state index in [4.69, 9.17) is 11.5 Å². The highest BCUT2D eigenvalue weighted by Gasteiger charge is 2.09. The molecule has 5 nitrogen and oxygen atoms in total. The van der Waals surface area contributed by atoms with Crippen LogP contribution in [0.4, 0.5) is 0 Å². The molecule has 5 heteroatoms. The fourth-order valence-electron chi connectivity index (χ4n) is 0.933. The largest absolute Gasteiger partial charge is 0.368 e. The summed E-state index contributed by atoms with van der Waals surface area (Å²) in [6.07, 6.45) is 2.02. The zero-order chi connectivity index (χ0) is 10.3. The van der Waals surface area contributed by atoms with Crippen LogP contribution in [-0.2, 0) is 9.59 Å². The fraction of sp³-hybridized carbons (Fsp3) is 0.750. The number of carbonyl (C=O) groups excluding carboxylic acids is 2. The molecule has 0 aliphatic rings. The summed E-state index contributed by atoms with van der Waals surface area (Å²) in [7, 11) is 1.57. The van der Waals surface area contributed by atoms with Gasteiger partial charge in [-0.1, -0.05) is 0 Å². The molecule has 2 amide bonds. The molecule has 0 unspecified atom stereocenters. The van der Waals surface area contributed by atoms with E-state index in [9.17, 15) is 9.59 Å².